The molecule has 3 nitrogen and oxygen atoms in total. The molecule has 4 heteroatoms. The molecule has 1 fully saturated rings. The maximum absolute atomic E-state index is 11.2. The quantitative estimate of drug-likeness (QED) is 0.736. The number of carbonyl (C=O) groups is 1. The Labute approximate surface area is 90.2 Å². The number of carbonyl (C=O) groups excluding carboxylic acids is 1. The van der Waals surface area contributed by atoms with Crippen molar-refractivity contribution < 1.29 is 4.79 Å². The molecule has 1 amide bonds. The zero-order valence-corrected chi connectivity index (χ0v) is 9.93. The zero-order chi connectivity index (χ0) is 10.7. The lowest BCUT2D eigenvalue weighted by molar-refractivity contribution is -0.121. The van der Waals surface area contributed by atoms with E-state index in [1.807, 2.05) is 25.6 Å². The molecule has 0 bridgehead atoms. The average Bonchev–Trinajstić information content (AvgIpc) is 2.46. The lowest BCUT2D eigenvalue weighted by Gasteiger charge is -2.25. The summed E-state index contributed by atoms with van der Waals surface area (Å²) in [5, 5.41) is 3.96. The number of hydrogen-bond donors (Lipinski definition) is 2. The SMILES string of the molecule is CC(C)C(NC1CCSC1C)C(N)=O. The molecule has 0 aromatic rings. The number of rotatable bonds is 4. The topological polar surface area (TPSA) is 55.1 Å². The van der Waals surface area contributed by atoms with Gasteiger partial charge in [-0.15, -0.1) is 0 Å². The summed E-state index contributed by atoms with van der Waals surface area (Å²) in [6, 6.07) is 0.265. The van der Waals surface area contributed by atoms with Crippen molar-refractivity contribution in [3.05, 3.63) is 0 Å². The lowest BCUT2D eigenvalue weighted by Crippen LogP contribution is -2.50. The Bertz CT molecular complexity index is 208. The predicted molar refractivity (Wildman–Crippen MR) is 61.3 cm³/mol. The van der Waals surface area contributed by atoms with Crippen molar-refractivity contribution in [2.75, 3.05) is 5.75 Å². The van der Waals surface area contributed by atoms with Crippen LogP contribution in [0, 0.1) is 5.92 Å². The molecule has 1 aliphatic rings. The molecule has 14 heavy (non-hydrogen) atoms. The second-order valence-electron chi connectivity index (χ2n) is 4.26. The van der Waals surface area contributed by atoms with Gasteiger partial charge in [0.25, 0.3) is 0 Å². The molecule has 1 saturated heterocycles. The molecule has 0 aliphatic carbocycles. The van der Waals surface area contributed by atoms with Crippen molar-refractivity contribution in [1.29, 1.82) is 0 Å². The van der Waals surface area contributed by atoms with Crippen molar-refractivity contribution in [1.82, 2.24) is 5.32 Å². The highest BCUT2D eigenvalue weighted by atomic mass is 32.2. The van der Waals surface area contributed by atoms with E-state index in [1.165, 1.54) is 5.75 Å². The van der Waals surface area contributed by atoms with Gasteiger partial charge in [0.2, 0.25) is 5.91 Å². The Morgan fingerprint density at radius 2 is 2.21 bits per heavy atom. The van der Waals surface area contributed by atoms with Gasteiger partial charge >= 0.3 is 0 Å². The van der Waals surface area contributed by atoms with Gasteiger partial charge in [0.15, 0.2) is 0 Å². The van der Waals surface area contributed by atoms with Crippen LogP contribution in [0.2, 0.25) is 0 Å². The van der Waals surface area contributed by atoms with Crippen LogP contribution in [0.4, 0.5) is 0 Å². The third-order valence-corrected chi connectivity index (χ3v) is 4.07. The first-order chi connectivity index (χ1) is 6.52. The molecule has 1 rings (SSSR count). The molecular weight excluding hydrogens is 196 g/mol. The fourth-order valence-electron chi connectivity index (χ4n) is 1.78. The van der Waals surface area contributed by atoms with Crippen molar-refractivity contribution in [3.63, 3.8) is 0 Å². The number of thioether (sulfide) groups is 1. The van der Waals surface area contributed by atoms with E-state index in [1.54, 1.807) is 0 Å². The first kappa shape index (κ1) is 11.9. The van der Waals surface area contributed by atoms with Crippen LogP contribution in [0.25, 0.3) is 0 Å². The second-order valence-corrected chi connectivity index (χ2v) is 5.75. The van der Waals surface area contributed by atoms with Gasteiger partial charge in [0.1, 0.15) is 0 Å². The first-order valence-corrected chi connectivity index (χ1v) is 6.24. The normalized spacial score (nSPS) is 29.4. The van der Waals surface area contributed by atoms with E-state index in [0.29, 0.717) is 11.3 Å². The minimum Gasteiger partial charge on any atom is -0.368 e. The van der Waals surface area contributed by atoms with Crippen molar-refractivity contribution >= 4 is 17.7 Å². The van der Waals surface area contributed by atoms with Crippen molar-refractivity contribution in [3.8, 4) is 0 Å². The molecular formula is C10H20N2OS. The monoisotopic (exact) mass is 216 g/mol. The summed E-state index contributed by atoms with van der Waals surface area (Å²) in [5.41, 5.74) is 5.35. The minimum absolute atomic E-state index is 0.179. The summed E-state index contributed by atoms with van der Waals surface area (Å²) in [6.07, 6.45) is 1.14. The second kappa shape index (κ2) is 5.03. The molecule has 0 aromatic heterocycles. The molecule has 0 spiro atoms. The molecule has 1 aliphatic heterocycles. The Kier molecular flexibility index (Phi) is 4.26. The highest BCUT2D eigenvalue weighted by molar-refractivity contribution is 8.00. The van der Waals surface area contributed by atoms with E-state index in [2.05, 4.69) is 12.2 Å². The lowest BCUT2D eigenvalue weighted by atomic mass is 10.0. The number of primary amides is 1. The molecule has 3 unspecified atom stereocenters. The number of hydrogen-bond acceptors (Lipinski definition) is 3. The standard InChI is InChI=1S/C10H20N2OS/c1-6(2)9(10(11)13)12-8-4-5-14-7(8)3/h6-9,12H,4-5H2,1-3H3,(H2,11,13). The minimum atomic E-state index is -0.232. The number of nitrogens with one attached hydrogen (secondary N) is 1. The van der Waals surface area contributed by atoms with Crippen molar-refractivity contribution in [2.45, 2.75) is 44.5 Å². The molecule has 0 saturated carbocycles. The van der Waals surface area contributed by atoms with Crippen LogP contribution in [0.15, 0.2) is 0 Å². The van der Waals surface area contributed by atoms with Crippen LogP contribution >= 0.6 is 11.8 Å². The van der Waals surface area contributed by atoms with E-state index < -0.39 is 0 Å². The number of nitrogens with two attached hydrogens (primary N) is 1. The van der Waals surface area contributed by atoms with Crippen LogP contribution in [0.5, 0.6) is 0 Å². The Morgan fingerprint density at radius 3 is 2.57 bits per heavy atom. The summed E-state index contributed by atoms with van der Waals surface area (Å²) in [5.74, 6) is 1.22. The van der Waals surface area contributed by atoms with E-state index in [0.717, 1.165) is 6.42 Å². The maximum atomic E-state index is 11.2. The van der Waals surface area contributed by atoms with Crippen LogP contribution in [0.1, 0.15) is 27.2 Å². The summed E-state index contributed by atoms with van der Waals surface area (Å²) in [4.78, 5) is 11.2. The van der Waals surface area contributed by atoms with Gasteiger partial charge in [-0.2, -0.15) is 11.8 Å². The van der Waals surface area contributed by atoms with E-state index in [-0.39, 0.29) is 17.9 Å². The molecule has 82 valence electrons. The maximum Gasteiger partial charge on any atom is 0.234 e. The Morgan fingerprint density at radius 1 is 1.57 bits per heavy atom. The zero-order valence-electron chi connectivity index (χ0n) is 9.12. The molecule has 1 heterocycles. The summed E-state index contributed by atoms with van der Waals surface area (Å²) >= 11 is 1.96. The Hall–Kier alpha value is -0.220. The van der Waals surface area contributed by atoms with E-state index >= 15 is 0 Å². The average molecular weight is 216 g/mol. The fraction of sp³-hybridized carbons (Fsp3) is 0.900. The fourth-order valence-corrected chi connectivity index (χ4v) is 2.99. The molecule has 0 radical (unpaired) electrons. The van der Waals surface area contributed by atoms with Crippen LogP contribution in [-0.4, -0.2) is 29.0 Å². The highest BCUT2D eigenvalue weighted by Crippen LogP contribution is 2.26. The van der Waals surface area contributed by atoms with Gasteiger partial charge in [-0.05, 0) is 18.1 Å². The predicted octanol–water partition coefficient (Wildman–Crippen LogP) is 0.980. The van der Waals surface area contributed by atoms with Crippen molar-refractivity contribution in [2.24, 2.45) is 11.7 Å². The van der Waals surface area contributed by atoms with Gasteiger partial charge in [0, 0.05) is 11.3 Å². The number of amides is 1. The summed E-state index contributed by atoms with van der Waals surface area (Å²) in [6.45, 7) is 6.25. The van der Waals surface area contributed by atoms with Gasteiger partial charge in [0.05, 0.1) is 6.04 Å². The first-order valence-electron chi connectivity index (χ1n) is 5.19. The van der Waals surface area contributed by atoms with Gasteiger partial charge in [-0.1, -0.05) is 20.8 Å². The van der Waals surface area contributed by atoms with Crippen LogP contribution in [0.3, 0.4) is 0 Å². The highest BCUT2D eigenvalue weighted by Gasteiger charge is 2.29. The molecule has 3 atom stereocenters. The summed E-state index contributed by atoms with van der Waals surface area (Å²) in [7, 11) is 0. The molecule has 3 N–H and O–H groups in total. The van der Waals surface area contributed by atoms with Crippen LogP contribution < -0.4 is 11.1 Å². The summed E-state index contributed by atoms with van der Waals surface area (Å²) < 4.78 is 0. The molecule has 0 aromatic carbocycles. The van der Waals surface area contributed by atoms with Gasteiger partial charge < -0.3 is 11.1 Å². The van der Waals surface area contributed by atoms with Gasteiger partial charge in [-0.3, -0.25) is 4.79 Å². The third kappa shape index (κ3) is 2.89. The van der Waals surface area contributed by atoms with Crippen LogP contribution in [-0.2, 0) is 4.79 Å². The third-order valence-electron chi connectivity index (χ3n) is 2.74. The largest absolute Gasteiger partial charge is 0.368 e. The van der Waals surface area contributed by atoms with E-state index in [9.17, 15) is 4.79 Å². The van der Waals surface area contributed by atoms with Gasteiger partial charge in [-0.25, -0.2) is 0 Å². The van der Waals surface area contributed by atoms with E-state index in [4.69, 9.17) is 5.73 Å². The smallest absolute Gasteiger partial charge is 0.234 e. The Balaban J connectivity index is 2.50.